The third-order valence-electron chi connectivity index (χ3n) is 2.45. The van der Waals surface area contributed by atoms with Crippen LogP contribution in [0.2, 0.25) is 0 Å². The first-order valence-electron chi connectivity index (χ1n) is 6.31. The Morgan fingerprint density at radius 1 is 1.63 bits per heavy atom. The summed E-state index contributed by atoms with van der Waals surface area (Å²) < 4.78 is 10.4. The van der Waals surface area contributed by atoms with Gasteiger partial charge in [0.15, 0.2) is 0 Å². The van der Waals surface area contributed by atoms with Crippen molar-refractivity contribution < 1.29 is 24.2 Å². The Morgan fingerprint density at radius 3 is 2.84 bits per heavy atom. The van der Waals surface area contributed by atoms with Crippen LogP contribution < -0.4 is 10.6 Å². The van der Waals surface area contributed by atoms with Crippen molar-refractivity contribution in [1.82, 2.24) is 10.6 Å². The number of ether oxygens (including phenoxy) is 2. The molecule has 7 heteroatoms. The minimum absolute atomic E-state index is 0.210. The van der Waals surface area contributed by atoms with Crippen LogP contribution in [0.15, 0.2) is 0 Å². The second-order valence-electron chi connectivity index (χ2n) is 5.41. The summed E-state index contributed by atoms with van der Waals surface area (Å²) in [5.41, 5.74) is -0.608. The zero-order valence-corrected chi connectivity index (χ0v) is 11.6. The first-order chi connectivity index (χ1) is 8.81. The van der Waals surface area contributed by atoms with E-state index in [4.69, 9.17) is 9.47 Å². The van der Waals surface area contributed by atoms with Crippen LogP contribution in [-0.2, 0) is 14.3 Å². The molecule has 3 N–H and O–H groups in total. The molecule has 0 aromatic carbocycles. The van der Waals surface area contributed by atoms with Gasteiger partial charge >= 0.3 is 6.09 Å². The van der Waals surface area contributed by atoms with Crippen molar-refractivity contribution in [3.8, 4) is 0 Å². The normalized spacial score (nSPS) is 21.5. The Labute approximate surface area is 112 Å². The van der Waals surface area contributed by atoms with Crippen molar-refractivity contribution in [3.05, 3.63) is 0 Å². The predicted octanol–water partition coefficient (Wildman–Crippen LogP) is -0.223. The number of carbonyl (C=O) groups excluding carboxylic acids is 2. The lowest BCUT2D eigenvalue weighted by Crippen LogP contribution is -2.49. The molecule has 2 atom stereocenters. The van der Waals surface area contributed by atoms with E-state index in [2.05, 4.69) is 10.6 Å². The van der Waals surface area contributed by atoms with E-state index < -0.39 is 23.8 Å². The van der Waals surface area contributed by atoms with E-state index in [0.29, 0.717) is 13.2 Å². The van der Waals surface area contributed by atoms with Gasteiger partial charge in [0.25, 0.3) is 0 Å². The predicted molar refractivity (Wildman–Crippen MR) is 67.6 cm³/mol. The zero-order valence-electron chi connectivity index (χ0n) is 11.6. The van der Waals surface area contributed by atoms with E-state index in [-0.39, 0.29) is 18.9 Å². The van der Waals surface area contributed by atoms with E-state index >= 15 is 0 Å². The molecule has 2 amide bonds. The van der Waals surface area contributed by atoms with Crippen LogP contribution >= 0.6 is 0 Å². The number of hydrogen-bond donors (Lipinski definition) is 3. The van der Waals surface area contributed by atoms with Crippen LogP contribution in [0.1, 0.15) is 27.2 Å². The van der Waals surface area contributed by atoms with Crippen molar-refractivity contribution in [3.63, 3.8) is 0 Å². The molecular weight excluding hydrogens is 252 g/mol. The van der Waals surface area contributed by atoms with E-state index in [1.807, 2.05) is 0 Å². The fourth-order valence-corrected chi connectivity index (χ4v) is 1.65. The lowest BCUT2D eigenvalue weighted by atomic mass is 10.1. The van der Waals surface area contributed by atoms with E-state index in [0.717, 1.165) is 0 Å². The van der Waals surface area contributed by atoms with Crippen molar-refractivity contribution in [2.45, 2.75) is 44.9 Å². The maximum absolute atomic E-state index is 11.6. The summed E-state index contributed by atoms with van der Waals surface area (Å²) in [6.07, 6.45) is -1.06. The second-order valence-corrected chi connectivity index (χ2v) is 5.41. The van der Waals surface area contributed by atoms with Gasteiger partial charge in [-0.1, -0.05) is 0 Å². The van der Waals surface area contributed by atoms with Gasteiger partial charge in [-0.3, -0.25) is 4.79 Å². The second kappa shape index (κ2) is 6.72. The van der Waals surface area contributed by atoms with Crippen LogP contribution in [0.4, 0.5) is 4.79 Å². The Balaban J connectivity index is 2.44. The van der Waals surface area contributed by atoms with E-state index in [1.165, 1.54) is 0 Å². The van der Waals surface area contributed by atoms with Crippen LogP contribution in [0.3, 0.4) is 0 Å². The molecule has 7 nitrogen and oxygen atoms in total. The van der Waals surface area contributed by atoms with Gasteiger partial charge in [-0.2, -0.15) is 0 Å². The van der Waals surface area contributed by atoms with Crippen LogP contribution in [0.5, 0.6) is 0 Å². The maximum Gasteiger partial charge on any atom is 0.407 e. The Morgan fingerprint density at radius 2 is 2.32 bits per heavy atom. The molecule has 1 rings (SSSR count). The van der Waals surface area contributed by atoms with Gasteiger partial charge in [0.1, 0.15) is 11.7 Å². The van der Waals surface area contributed by atoms with Crippen LogP contribution in [0.25, 0.3) is 0 Å². The van der Waals surface area contributed by atoms with Crippen molar-refractivity contribution >= 4 is 12.0 Å². The highest BCUT2D eigenvalue weighted by Gasteiger charge is 2.28. The van der Waals surface area contributed by atoms with Gasteiger partial charge in [-0.15, -0.1) is 0 Å². The number of carbonyl (C=O) groups is 2. The lowest BCUT2D eigenvalue weighted by molar-refractivity contribution is -0.138. The summed E-state index contributed by atoms with van der Waals surface area (Å²) in [6.45, 7) is 5.88. The van der Waals surface area contributed by atoms with Crippen LogP contribution in [-0.4, -0.2) is 54.6 Å². The number of aliphatic hydroxyl groups is 1. The third kappa shape index (κ3) is 5.89. The summed E-state index contributed by atoms with van der Waals surface area (Å²) in [4.78, 5) is 23.1. The molecule has 19 heavy (non-hydrogen) atoms. The highest BCUT2D eigenvalue weighted by molar-refractivity contribution is 5.81. The van der Waals surface area contributed by atoms with Gasteiger partial charge in [0.05, 0.1) is 19.3 Å². The quantitative estimate of drug-likeness (QED) is 0.658. The molecule has 1 aliphatic heterocycles. The monoisotopic (exact) mass is 274 g/mol. The van der Waals surface area contributed by atoms with Crippen molar-refractivity contribution in [2.24, 2.45) is 0 Å². The molecule has 110 valence electrons. The smallest absolute Gasteiger partial charge is 0.407 e. The summed E-state index contributed by atoms with van der Waals surface area (Å²) in [5, 5.41) is 14.4. The molecule has 1 aliphatic rings. The topological polar surface area (TPSA) is 96.9 Å². The number of hydrogen-bond acceptors (Lipinski definition) is 5. The highest BCUT2D eigenvalue weighted by atomic mass is 16.6. The fourth-order valence-electron chi connectivity index (χ4n) is 1.65. The molecular formula is C12H22N2O5. The summed E-state index contributed by atoms with van der Waals surface area (Å²) in [5.74, 6) is -0.226. The van der Waals surface area contributed by atoms with E-state index in [1.54, 1.807) is 20.8 Å². The number of alkyl carbamates (subject to hydrolysis) is 1. The minimum atomic E-state index is -0.652. The molecule has 1 saturated heterocycles. The summed E-state index contributed by atoms with van der Waals surface area (Å²) in [7, 11) is 0. The number of nitrogens with one attached hydrogen (secondary N) is 2. The first-order valence-corrected chi connectivity index (χ1v) is 6.31. The van der Waals surface area contributed by atoms with Gasteiger partial charge in [0.2, 0.25) is 5.91 Å². The largest absolute Gasteiger partial charge is 0.444 e. The maximum atomic E-state index is 11.6. The molecule has 1 heterocycles. The molecule has 0 aromatic heterocycles. The molecule has 0 bridgehead atoms. The molecule has 1 fully saturated rings. The Kier molecular flexibility index (Phi) is 5.56. The fraction of sp³-hybridized carbons (Fsp3) is 0.833. The Hall–Kier alpha value is -1.34. The van der Waals surface area contributed by atoms with Crippen molar-refractivity contribution in [1.29, 1.82) is 0 Å². The van der Waals surface area contributed by atoms with Crippen molar-refractivity contribution in [2.75, 3.05) is 19.8 Å². The average molecular weight is 274 g/mol. The summed E-state index contributed by atoms with van der Waals surface area (Å²) in [6, 6.07) is -0.580. The SMILES string of the molecule is CC(C)(C)OC(=O)N[C@H](CO)C[C@@H]1OCCNC1=O. The number of morpholine rings is 1. The zero-order chi connectivity index (χ0) is 14.5. The number of rotatable bonds is 4. The minimum Gasteiger partial charge on any atom is -0.444 e. The molecule has 0 aliphatic carbocycles. The van der Waals surface area contributed by atoms with Crippen LogP contribution in [0, 0.1) is 0 Å². The lowest BCUT2D eigenvalue weighted by Gasteiger charge is -2.27. The molecule has 0 aromatic rings. The molecule has 0 spiro atoms. The highest BCUT2D eigenvalue weighted by Crippen LogP contribution is 2.09. The molecule has 0 saturated carbocycles. The Bertz CT molecular complexity index is 327. The average Bonchev–Trinajstić information content (AvgIpc) is 2.28. The van der Waals surface area contributed by atoms with Gasteiger partial charge in [-0.25, -0.2) is 4.79 Å². The standard InChI is InChI=1S/C12H22N2O5/c1-12(2,3)19-11(17)14-8(7-15)6-9-10(16)13-4-5-18-9/h8-9,15H,4-7H2,1-3H3,(H,13,16)(H,14,17)/t8-,9-/m0/s1. The molecule has 0 radical (unpaired) electrons. The summed E-state index contributed by atoms with van der Waals surface area (Å²) >= 11 is 0. The first kappa shape index (κ1) is 15.7. The number of aliphatic hydroxyl groups excluding tert-OH is 1. The van der Waals surface area contributed by atoms with Gasteiger partial charge in [0, 0.05) is 13.0 Å². The van der Waals surface area contributed by atoms with E-state index in [9.17, 15) is 14.7 Å². The number of amides is 2. The van der Waals surface area contributed by atoms with Gasteiger partial charge < -0.3 is 25.2 Å². The van der Waals surface area contributed by atoms with Gasteiger partial charge in [-0.05, 0) is 20.8 Å². The molecule has 0 unspecified atom stereocenters. The third-order valence-corrected chi connectivity index (χ3v) is 2.45.